The lowest BCUT2D eigenvalue weighted by Crippen LogP contribution is -2.48. The van der Waals surface area contributed by atoms with Crippen molar-refractivity contribution in [1.29, 1.82) is 0 Å². The second-order valence-corrected chi connectivity index (χ2v) is 11.3. The molecule has 2 aliphatic rings. The van der Waals surface area contributed by atoms with Crippen LogP contribution in [0.4, 0.5) is 14.9 Å². The van der Waals surface area contributed by atoms with E-state index in [-0.39, 0.29) is 24.2 Å². The molecule has 4 rings (SSSR count). The van der Waals surface area contributed by atoms with E-state index in [4.69, 9.17) is 4.74 Å². The minimum absolute atomic E-state index is 0.00112. The Morgan fingerprint density at radius 3 is 2.36 bits per heavy atom. The lowest BCUT2D eigenvalue weighted by Gasteiger charge is -2.38. The summed E-state index contributed by atoms with van der Waals surface area (Å²) >= 11 is 0. The van der Waals surface area contributed by atoms with Crippen LogP contribution in [0.3, 0.4) is 0 Å². The zero-order valence-corrected chi connectivity index (χ0v) is 25.5. The molecule has 1 heterocycles. The number of carbonyl (C=O) groups is 2. The van der Waals surface area contributed by atoms with Crippen LogP contribution in [0.25, 0.3) is 0 Å². The van der Waals surface area contributed by atoms with Gasteiger partial charge in [0.1, 0.15) is 12.4 Å². The zero-order valence-electron chi connectivity index (χ0n) is 25.5. The van der Waals surface area contributed by atoms with E-state index in [0.29, 0.717) is 30.0 Å². The number of nitrogens with zero attached hydrogens (tertiary/aromatic N) is 3. The number of amides is 1. The Hall–Kier alpha value is -4.05. The first-order chi connectivity index (χ1) is 21.2. The Kier molecular flexibility index (Phi) is 14.0. The largest absolute Gasteiger partial charge is 0.478 e. The molecule has 2 fully saturated rings. The summed E-state index contributed by atoms with van der Waals surface area (Å²) in [5.41, 5.74) is 2.46. The minimum atomic E-state index is -0.757. The average molecular weight is 610 g/mol. The number of carboxylic acid groups (broad SMARTS) is 1. The predicted octanol–water partition coefficient (Wildman–Crippen LogP) is 7.38. The summed E-state index contributed by atoms with van der Waals surface area (Å²) in [7, 11) is 0. The van der Waals surface area contributed by atoms with Gasteiger partial charge in [-0.3, -0.25) is 10.1 Å². The molecule has 1 unspecified atom stereocenters. The lowest BCUT2D eigenvalue weighted by atomic mass is 9.98. The van der Waals surface area contributed by atoms with Gasteiger partial charge in [-0.1, -0.05) is 43.2 Å². The monoisotopic (exact) mass is 609 g/mol. The molecule has 2 aromatic carbocycles. The molecule has 1 aliphatic carbocycles. The molecular formula is C34H44FN3O6. The number of nitro benzene ring substituents is 1. The van der Waals surface area contributed by atoms with Crippen LogP contribution in [-0.4, -0.2) is 64.1 Å². The molecule has 0 spiro atoms. The number of ether oxygens (including phenoxy) is 1. The zero-order chi connectivity index (χ0) is 31.9. The molecule has 0 radical (unpaired) electrons. The van der Waals surface area contributed by atoms with E-state index in [1.165, 1.54) is 24.3 Å². The Balaban J connectivity index is 0.000000662. The Bertz CT molecular complexity index is 1260. The van der Waals surface area contributed by atoms with Crippen molar-refractivity contribution in [3.05, 3.63) is 99.9 Å². The third kappa shape index (κ3) is 10.9. The maximum absolute atomic E-state index is 12.9. The maximum Gasteiger partial charge on any atom is 0.410 e. The van der Waals surface area contributed by atoms with Crippen LogP contribution in [0.15, 0.2) is 78.4 Å². The van der Waals surface area contributed by atoms with Gasteiger partial charge in [-0.25, -0.2) is 14.0 Å². The average Bonchev–Trinajstić information content (AvgIpc) is 3.48. The minimum Gasteiger partial charge on any atom is -0.478 e. The highest BCUT2D eigenvalue weighted by Gasteiger charge is 2.31. The van der Waals surface area contributed by atoms with Crippen LogP contribution in [-0.2, 0) is 16.1 Å². The van der Waals surface area contributed by atoms with Gasteiger partial charge in [-0.2, -0.15) is 0 Å². The lowest BCUT2D eigenvalue weighted by molar-refractivity contribution is -0.384. The number of likely N-dealkylation sites (tertiary alicyclic amines) is 1. The first-order valence-corrected chi connectivity index (χ1v) is 15.4. The molecule has 1 saturated heterocycles. The molecular weight excluding hydrogens is 565 g/mol. The molecule has 10 heteroatoms. The number of piperidine rings is 1. The van der Waals surface area contributed by atoms with Crippen molar-refractivity contribution in [3.8, 4) is 0 Å². The fourth-order valence-corrected chi connectivity index (χ4v) is 5.80. The quantitative estimate of drug-likeness (QED) is 0.116. The Morgan fingerprint density at radius 2 is 1.82 bits per heavy atom. The van der Waals surface area contributed by atoms with E-state index >= 15 is 0 Å². The van der Waals surface area contributed by atoms with Crippen LogP contribution in [0.2, 0.25) is 0 Å². The Morgan fingerprint density at radius 1 is 1.14 bits per heavy atom. The third-order valence-corrected chi connectivity index (χ3v) is 8.17. The molecule has 1 saturated carbocycles. The van der Waals surface area contributed by atoms with Crippen LogP contribution in [0.1, 0.15) is 63.9 Å². The summed E-state index contributed by atoms with van der Waals surface area (Å²) < 4.78 is 17.4. The molecule has 1 aliphatic heterocycles. The van der Waals surface area contributed by atoms with Crippen molar-refractivity contribution in [2.45, 2.75) is 70.9 Å². The number of hydrogen-bond acceptors (Lipinski definition) is 6. The predicted molar refractivity (Wildman–Crippen MR) is 168 cm³/mol. The second-order valence-electron chi connectivity index (χ2n) is 11.3. The topological polar surface area (TPSA) is 113 Å². The SMILES string of the molecule is C=CCN(C(=O)OCc1ccc([N+](=O)[O-])cc1)C1CCN(CC2CC/C(=C(\CCCC)C(=O)O)C2)CC1.Fc1ccccc1. The Labute approximate surface area is 259 Å². The van der Waals surface area contributed by atoms with Crippen LogP contribution in [0.5, 0.6) is 0 Å². The summed E-state index contributed by atoms with van der Waals surface area (Å²) in [6.07, 6.45) is 8.36. The van der Waals surface area contributed by atoms with E-state index in [2.05, 4.69) is 18.4 Å². The summed E-state index contributed by atoms with van der Waals surface area (Å²) in [4.78, 5) is 39.1. The maximum atomic E-state index is 12.9. The van der Waals surface area contributed by atoms with Gasteiger partial charge in [0, 0.05) is 49.9 Å². The van der Waals surface area contributed by atoms with E-state index in [1.54, 1.807) is 41.3 Å². The van der Waals surface area contributed by atoms with Crippen LogP contribution >= 0.6 is 0 Å². The number of benzene rings is 2. The number of aliphatic carboxylic acids is 1. The fourth-order valence-electron chi connectivity index (χ4n) is 5.80. The number of non-ortho nitro benzene ring substituents is 1. The number of carbonyl (C=O) groups excluding carboxylic acids is 1. The highest BCUT2D eigenvalue weighted by atomic mass is 19.1. The molecule has 1 N–H and O–H groups in total. The molecule has 1 amide bonds. The van der Waals surface area contributed by atoms with Gasteiger partial charge in [0.05, 0.1) is 4.92 Å². The van der Waals surface area contributed by atoms with Crippen molar-refractivity contribution in [2.24, 2.45) is 5.92 Å². The fraction of sp³-hybridized carbons (Fsp3) is 0.471. The molecule has 0 aromatic heterocycles. The van der Waals surface area contributed by atoms with Crippen molar-refractivity contribution in [1.82, 2.24) is 9.80 Å². The van der Waals surface area contributed by atoms with Crippen LogP contribution in [0, 0.1) is 21.8 Å². The molecule has 2 aromatic rings. The standard InChI is InChI=1S/C28H39N3O6.C6H5F/c1-3-5-6-26(27(32)33)23-10-7-22(18-23)19-29-16-13-24(14-17-29)30(15-4-2)28(34)37-20-21-8-11-25(12-9-21)31(35)36;7-6-4-2-1-3-5-6/h4,8-9,11-12,22,24H,2-3,5-7,10,13-20H2,1H3,(H,32,33);1-5H/b26-23-;. The molecule has 0 bridgehead atoms. The highest BCUT2D eigenvalue weighted by molar-refractivity contribution is 5.87. The number of allylic oxidation sites excluding steroid dienone is 1. The number of rotatable bonds is 12. The van der Waals surface area contributed by atoms with E-state index in [1.807, 2.05) is 0 Å². The second kappa shape index (κ2) is 17.9. The van der Waals surface area contributed by atoms with Gasteiger partial charge < -0.3 is 19.6 Å². The number of unbranched alkanes of at least 4 members (excludes halogenated alkanes) is 1. The first kappa shape index (κ1) is 34.4. The van der Waals surface area contributed by atoms with Gasteiger partial charge in [-0.15, -0.1) is 6.58 Å². The summed E-state index contributed by atoms with van der Waals surface area (Å²) in [5, 5.41) is 20.4. The van der Waals surface area contributed by atoms with Gasteiger partial charge in [0.25, 0.3) is 5.69 Å². The summed E-state index contributed by atoms with van der Waals surface area (Å²) in [6, 6.07) is 14.0. The highest BCUT2D eigenvalue weighted by Crippen LogP contribution is 2.35. The molecule has 1 atom stereocenters. The molecule has 44 heavy (non-hydrogen) atoms. The van der Waals surface area contributed by atoms with E-state index in [9.17, 15) is 29.2 Å². The van der Waals surface area contributed by atoms with Crippen molar-refractivity contribution in [3.63, 3.8) is 0 Å². The molecule has 238 valence electrons. The van der Waals surface area contributed by atoms with Gasteiger partial charge in [0.15, 0.2) is 0 Å². The van der Waals surface area contributed by atoms with E-state index < -0.39 is 17.0 Å². The number of nitro groups is 1. The van der Waals surface area contributed by atoms with Crippen LogP contribution < -0.4 is 0 Å². The third-order valence-electron chi connectivity index (χ3n) is 8.17. The van der Waals surface area contributed by atoms with Crippen molar-refractivity contribution < 1.29 is 28.7 Å². The summed E-state index contributed by atoms with van der Waals surface area (Å²) in [6.45, 7) is 9.04. The van der Waals surface area contributed by atoms with E-state index in [0.717, 1.165) is 70.2 Å². The summed E-state index contributed by atoms with van der Waals surface area (Å²) in [5.74, 6) is -0.450. The van der Waals surface area contributed by atoms with Gasteiger partial charge in [-0.05, 0) is 80.7 Å². The molecule has 9 nitrogen and oxygen atoms in total. The normalized spacial score (nSPS) is 18.1. The number of hydrogen-bond donors (Lipinski definition) is 1. The van der Waals surface area contributed by atoms with Crippen molar-refractivity contribution in [2.75, 3.05) is 26.2 Å². The first-order valence-electron chi connectivity index (χ1n) is 15.4. The smallest absolute Gasteiger partial charge is 0.410 e. The van der Waals surface area contributed by atoms with Gasteiger partial charge in [0.2, 0.25) is 0 Å². The van der Waals surface area contributed by atoms with Gasteiger partial charge >= 0.3 is 12.1 Å². The van der Waals surface area contributed by atoms with Crippen molar-refractivity contribution >= 4 is 17.7 Å². The number of halogens is 1. The number of carboxylic acids is 1.